The topological polar surface area (TPSA) is 117 Å². The molecule has 0 spiro atoms. The Balaban J connectivity index is 2.99. The number of hydrogen-bond donors (Lipinski definition) is 2. The highest BCUT2D eigenvalue weighted by molar-refractivity contribution is 5.80. The average molecular weight is 269 g/mol. The molecule has 8 heteroatoms. The van der Waals surface area contributed by atoms with Crippen molar-refractivity contribution in [3.05, 3.63) is 33.9 Å². The Hall–Kier alpha value is -2.19. The minimum atomic E-state index is -0.976. The SMILES string of the molecule is COCC(Oc1cccc([N+](=O)[O-])c1C)C(=O)NN. The summed E-state index contributed by atoms with van der Waals surface area (Å²) in [5.41, 5.74) is 2.20. The van der Waals surface area contributed by atoms with Gasteiger partial charge in [-0.3, -0.25) is 20.3 Å². The third kappa shape index (κ3) is 3.63. The average Bonchev–Trinajstić information content (AvgIpc) is 2.39. The first-order valence-corrected chi connectivity index (χ1v) is 5.41. The number of amides is 1. The van der Waals surface area contributed by atoms with Gasteiger partial charge in [-0.25, -0.2) is 5.84 Å². The van der Waals surface area contributed by atoms with Crippen LogP contribution in [0, 0.1) is 17.0 Å². The van der Waals surface area contributed by atoms with Crippen LogP contribution in [0.25, 0.3) is 0 Å². The first kappa shape index (κ1) is 14.9. The van der Waals surface area contributed by atoms with Crippen molar-refractivity contribution in [3.8, 4) is 5.75 Å². The summed E-state index contributed by atoms with van der Waals surface area (Å²) >= 11 is 0. The number of nitrogens with one attached hydrogen (secondary N) is 1. The standard InChI is InChI=1S/C11H15N3O5/c1-7-8(14(16)17)4-3-5-9(7)19-10(6-18-2)11(15)13-12/h3-5,10H,6,12H2,1-2H3,(H,13,15). The van der Waals surface area contributed by atoms with E-state index in [1.807, 2.05) is 5.43 Å². The highest BCUT2D eigenvalue weighted by atomic mass is 16.6. The predicted molar refractivity (Wildman–Crippen MR) is 66.5 cm³/mol. The fraction of sp³-hybridized carbons (Fsp3) is 0.364. The molecule has 1 unspecified atom stereocenters. The van der Waals surface area contributed by atoms with Gasteiger partial charge in [0.2, 0.25) is 6.10 Å². The van der Waals surface area contributed by atoms with Gasteiger partial charge in [-0.15, -0.1) is 0 Å². The number of benzene rings is 1. The number of nitro benzene ring substituents is 1. The molecule has 0 saturated heterocycles. The van der Waals surface area contributed by atoms with Gasteiger partial charge in [0.25, 0.3) is 11.6 Å². The van der Waals surface area contributed by atoms with Crippen molar-refractivity contribution < 1.29 is 19.2 Å². The zero-order valence-corrected chi connectivity index (χ0v) is 10.6. The van der Waals surface area contributed by atoms with Gasteiger partial charge in [-0.2, -0.15) is 0 Å². The monoisotopic (exact) mass is 269 g/mol. The molecule has 1 aromatic rings. The molecule has 0 radical (unpaired) electrons. The smallest absolute Gasteiger partial charge is 0.277 e. The third-order valence-electron chi connectivity index (χ3n) is 2.47. The number of hydrazine groups is 1. The molecule has 0 aromatic heterocycles. The van der Waals surface area contributed by atoms with Gasteiger partial charge < -0.3 is 9.47 Å². The van der Waals surface area contributed by atoms with E-state index in [4.69, 9.17) is 15.3 Å². The Bertz CT molecular complexity index is 477. The van der Waals surface area contributed by atoms with Crippen molar-refractivity contribution in [2.75, 3.05) is 13.7 Å². The van der Waals surface area contributed by atoms with E-state index >= 15 is 0 Å². The highest BCUT2D eigenvalue weighted by Gasteiger charge is 2.22. The second-order valence-electron chi connectivity index (χ2n) is 3.73. The molecule has 1 rings (SSSR count). The van der Waals surface area contributed by atoms with Gasteiger partial charge in [0, 0.05) is 13.2 Å². The number of nitrogens with zero attached hydrogens (tertiary/aromatic N) is 1. The van der Waals surface area contributed by atoms with Crippen LogP contribution in [0.1, 0.15) is 5.56 Å². The van der Waals surface area contributed by atoms with Crippen molar-refractivity contribution in [3.63, 3.8) is 0 Å². The molecule has 1 amide bonds. The van der Waals surface area contributed by atoms with E-state index in [-0.39, 0.29) is 18.0 Å². The first-order chi connectivity index (χ1) is 9.01. The van der Waals surface area contributed by atoms with Crippen molar-refractivity contribution >= 4 is 11.6 Å². The molecule has 0 aliphatic heterocycles. The van der Waals surface area contributed by atoms with Crippen LogP contribution in [0.15, 0.2) is 18.2 Å². The van der Waals surface area contributed by atoms with Gasteiger partial charge in [0.15, 0.2) is 0 Å². The molecule has 104 valence electrons. The molecule has 1 atom stereocenters. The Morgan fingerprint density at radius 3 is 2.79 bits per heavy atom. The zero-order chi connectivity index (χ0) is 14.4. The van der Waals surface area contributed by atoms with E-state index in [0.29, 0.717) is 5.56 Å². The Morgan fingerprint density at radius 2 is 2.26 bits per heavy atom. The second-order valence-corrected chi connectivity index (χ2v) is 3.73. The van der Waals surface area contributed by atoms with Crippen LogP contribution in [-0.2, 0) is 9.53 Å². The van der Waals surface area contributed by atoms with Gasteiger partial charge in [0.05, 0.1) is 17.1 Å². The fourth-order valence-corrected chi connectivity index (χ4v) is 1.49. The van der Waals surface area contributed by atoms with E-state index in [1.54, 1.807) is 0 Å². The van der Waals surface area contributed by atoms with Gasteiger partial charge in [-0.1, -0.05) is 6.07 Å². The lowest BCUT2D eigenvalue weighted by Gasteiger charge is -2.17. The molecule has 8 nitrogen and oxygen atoms in total. The van der Waals surface area contributed by atoms with E-state index in [2.05, 4.69) is 0 Å². The number of nitro groups is 1. The van der Waals surface area contributed by atoms with Crippen molar-refractivity contribution in [1.82, 2.24) is 5.43 Å². The number of ether oxygens (including phenoxy) is 2. The molecule has 0 fully saturated rings. The number of carbonyl (C=O) groups is 1. The molecule has 0 heterocycles. The first-order valence-electron chi connectivity index (χ1n) is 5.41. The van der Waals surface area contributed by atoms with Gasteiger partial charge in [0.1, 0.15) is 5.75 Å². The number of hydrogen-bond acceptors (Lipinski definition) is 6. The largest absolute Gasteiger partial charge is 0.478 e. The quantitative estimate of drug-likeness (QED) is 0.332. The molecule has 3 N–H and O–H groups in total. The molecule has 0 aliphatic rings. The van der Waals surface area contributed by atoms with E-state index < -0.39 is 16.9 Å². The second kappa shape index (κ2) is 6.66. The highest BCUT2D eigenvalue weighted by Crippen LogP contribution is 2.27. The summed E-state index contributed by atoms with van der Waals surface area (Å²) in [5.74, 6) is 4.69. The van der Waals surface area contributed by atoms with Crippen LogP contribution in [0.2, 0.25) is 0 Å². The normalized spacial score (nSPS) is 11.7. The Kier molecular flexibility index (Phi) is 5.22. The van der Waals surface area contributed by atoms with Crippen LogP contribution in [0.3, 0.4) is 0 Å². The molecule has 0 saturated carbocycles. The number of nitrogens with two attached hydrogens (primary N) is 1. The van der Waals surface area contributed by atoms with Crippen LogP contribution in [0.4, 0.5) is 5.69 Å². The van der Waals surface area contributed by atoms with E-state index in [9.17, 15) is 14.9 Å². The minimum Gasteiger partial charge on any atom is -0.478 e. The summed E-state index contributed by atoms with van der Waals surface area (Å²) < 4.78 is 10.2. The molecule has 1 aromatic carbocycles. The summed E-state index contributed by atoms with van der Waals surface area (Å²) in [4.78, 5) is 21.7. The minimum absolute atomic E-state index is 0.0227. The lowest BCUT2D eigenvalue weighted by Crippen LogP contribution is -2.44. The molecular formula is C11H15N3O5. The Labute approximate surface area is 109 Å². The summed E-state index contributed by atoms with van der Waals surface area (Å²) in [6, 6.07) is 4.37. The summed E-state index contributed by atoms with van der Waals surface area (Å²) in [5, 5.41) is 10.8. The lowest BCUT2D eigenvalue weighted by atomic mass is 10.2. The summed E-state index contributed by atoms with van der Waals surface area (Å²) in [6.45, 7) is 1.52. The van der Waals surface area contributed by atoms with Crippen LogP contribution in [-0.4, -0.2) is 30.7 Å². The van der Waals surface area contributed by atoms with Gasteiger partial charge in [-0.05, 0) is 13.0 Å². The Morgan fingerprint density at radius 1 is 1.58 bits per heavy atom. The molecule has 0 aliphatic carbocycles. The molecular weight excluding hydrogens is 254 g/mol. The van der Waals surface area contributed by atoms with E-state index in [1.165, 1.54) is 32.2 Å². The van der Waals surface area contributed by atoms with Crippen molar-refractivity contribution in [1.29, 1.82) is 0 Å². The summed E-state index contributed by atoms with van der Waals surface area (Å²) in [6.07, 6.45) is -0.976. The van der Waals surface area contributed by atoms with E-state index in [0.717, 1.165) is 0 Å². The van der Waals surface area contributed by atoms with Crippen molar-refractivity contribution in [2.45, 2.75) is 13.0 Å². The third-order valence-corrected chi connectivity index (χ3v) is 2.47. The maximum Gasteiger partial charge on any atom is 0.277 e. The fourth-order valence-electron chi connectivity index (χ4n) is 1.49. The zero-order valence-electron chi connectivity index (χ0n) is 10.6. The van der Waals surface area contributed by atoms with Gasteiger partial charge >= 0.3 is 0 Å². The molecule has 0 bridgehead atoms. The predicted octanol–water partition coefficient (Wildman–Crippen LogP) is 0.287. The van der Waals surface area contributed by atoms with Crippen LogP contribution < -0.4 is 16.0 Å². The van der Waals surface area contributed by atoms with Crippen molar-refractivity contribution in [2.24, 2.45) is 5.84 Å². The summed E-state index contributed by atoms with van der Waals surface area (Å²) in [7, 11) is 1.40. The maximum absolute atomic E-state index is 11.5. The number of rotatable bonds is 6. The maximum atomic E-state index is 11.5. The van der Waals surface area contributed by atoms with Crippen LogP contribution >= 0.6 is 0 Å². The lowest BCUT2D eigenvalue weighted by molar-refractivity contribution is -0.385. The number of methoxy groups -OCH3 is 1. The van der Waals surface area contributed by atoms with Crippen LogP contribution in [0.5, 0.6) is 5.75 Å². The molecule has 19 heavy (non-hydrogen) atoms. The number of carbonyl (C=O) groups excluding carboxylic acids is 1.